The number of nitrogens with one attached hydrogen (secondary N) is 1. The lowest BCUT2D eigenvalue weighted by atomic mass is 10.0. The Kier molecular flexibility index (Phi) is 4.49. The standard InChI is InChI=1S/C19H11BrClFN4O/c1-9-6-11(7-14(21)24-9)16-15(10-2-4-12(22)5-3-10)26-19-17(25-16)18(27)13(20)8-23-19/h2-8H,1H3,(H,23,26,27). The molecule has 0 saturated heterocycles. The third-order valence-corrected chi connectivity index (χ3v) is 4.76. The third-order valence-electron chi connectivity index (χ3n) is 3.98. The molecule has 1 N–H and O–H groups in total. The first kappa shape index (κ1) is 17.8. The number of aryl methyl sites for hydroxylation is 1. The van der Waals surface area contributed by atoms with Crippen LogP contribution in [0.25, 0.3) is 33.7 Å². The Morgan fingerprint density at radius 2 is 1.74 bits per heavy atom. The number of H-pyrrole nitrogens is 1. The van der Waals surface area contributed by atoms with E-state index in [9.17, 15) is 9.18 Å². The van der Waals surface area contributed by atoms with E-state index in [4.69, 9.17) is 11.6 Å². The van der Waals surface area contributed by atoms with Crippen molar-refractivity contribution in [3.8, 4) is 22.5 Å². The smallest absolute Gasteiger partial charge is 0.223 e. The Morgan fingerprint density at radius 1 is 1.04 bits per heavy atom. The largest absolute Gasteiger partial charge is 0.343 e. The van der Waals surface area contributed by atoms with Crippen LogP contribution < -0.4 is 5.43 Å². The first-order valence-electron chi connectivity index (χ1n) is 7.92. The fourth-order valence-electron chi connectivity index (χ4n) is 2.78. The summed E-state index contributed by atoms with van der Waals surface area (Å²) in [5.41, 5.74) is 3.25. The van der Waals surface area contributed by atoms with E-state index in [1.165, 1.54) is 18.3 Å². The number of pyridine rings is 2. The van der Waals surface area contributed by atoms with Crippen molar-refractivity contribution in [2.45, 2.75) is 6.92 Å². The van der Waals surface area contributed by atoms with Crippen molar-refractivity contribution in [1.82, 2.24) is 19.9 Å². The summed E-state index contributed by atoms with van der Waals surface area (Å²) in [5.74, 6) is -0.353. The molecule has 5 nitrogen and oxygen atoms in total. The number of aromatic amines is 1. The molecule has 0 aliphatic carbocycles. The Hall–Kier alpha value is -2.64. The molecule has 0 atom stereocenters. The molecule has 0 fully saturated rings. The Morgan fingerprint density at radius 3 is 2.44 bits per heavy atom. The highest BCUT2D eigenvalue weighted by atomic mass is 79.9. The summed E-state index contributed by atoms with van der Waals surface area (Å²) < 4.78 is 13.7. The van der Waals surface area contributed by atoms with Gasteiger partial charge in [0.05, 0.1) is 15.9 Å². The summed E-state index contributed by atoms with van der Waals surface area (Å²) in [4.78, 5) is 28.7. The van der Waals surface area contributed by atoms with E-state index in [1.54, 1.807) is 24.3 Å². The van der Waals surface area contributed by atoms with Crippen LogP contribution >= 0.6 is 27.5 Å². The van der Waals surface area contributed by atoms with Crippen LogP contribution in [-0.4, -0.2) is 19.9 Å². The molecular weight excluding hydrogens is 435 g/mol. The summed E-state index contributed by atoms with van der Waals surface area (Å²) in [5, 5.41) is 0.306. The molecule has 4 aromatic rings. The van der Waals surface area contributed by atoms with Crippen LogP contribution in [0.4, 0.5) is 4.39 Å². The van der Waals surface area contributed by atoms with E-state index in [0.717, 1.165) is 0 Å². The molecule has 3 aromatic heterocycles. The number of fused-ring (bicyclic) bond motifs is 1. The lowest BCUT2D eigenvalue weighted by Gasteiger charge is -2.11. The van der Waals surface area contributed by atoms with Crippen LogP contribution in [0.1, 0.15) is 5.69 Å². The second kappa shape index (κ2) is 6.83. The van der Waals surface area contributed by atoms with Crippen LogP contribution in [-0.2, 0) is 0 Å². The molecule has 0 radical (unpaired) electrons. The summed E-state index contributed by atoms with van der Waals surface area (Å²) >= 11 is 9.32. The highest BCUT2D eigenvalue weighted by Gasteiger charge is 2.17. The number of aromatic nitrogens is 4. The number of benzene rings is 1. The fourth-order valence-corrected chi connectivity index (χ4v) is 3.33. The van der Waals surface area contributed by atoms with Crippen LogP contribution in [0.2, 0.25) is 5.15 Å². The minimum Gasteiger partial charge on any atom is -0.343 e. The minimum absolute atomic E-state index is 0.191. The molecule has 0 spiro atoms. The first-order valence-corrected chi connectivity index (χ1v) is 9.09. The van der Waals surface area contributed by atoms with Gasteiger partial charge >= 0.3 is 0 Å². The zero-order chi connectivity index (χ0) is 19.1. The highest BCUT2D eigenvalue weighted by Crippen LogP contribution is 2.31. The Bertz CT molecular complexity index is 1220. The maximum atomic E-state index is 13.4. The second-order valence-electron chi connectivity index (χ2n) is 5.91. The van der Waals surface area contributed by atoms with Gasteiger partial charge < -0.3 is 4.98 Å². The molecular formula is C19H11BrClFN4O. The molecule has 0 saturated carbocycles. The first-order chi connectivity index (χ1) is 12.9. The molecule has 0 bridgehead atoms. The van der Waals surface area contributed by atoms with E-state index in [2.05, 4.69) is 35.9 Å². The van der Waals surface area contributed by atoms with Crippen molar-refractivity contribution < 1.29 is 4.39 Å². The van der Waals surface area contributed by atoms with Crippen molar-refractivity contribution >= 4 is 38.7 Å². The summed E-state index contributed by atoms with van der Waals surface area (Å²) in [6, 6.07) is 9.38. The average molecular weight is 446 g/mol. The van der Waals surface area contributed by atoms with Gasteiger partial charge in [-0.1, -0.05) is 11.6 Å². The van der Waals surface area contributed by atoms with Crippen LogP contribution in [0.5, 0.6) is 0 Å². The van der Waals surface area contributed by atoms with E-state index < -0.39 is 0 Å². The van der Waals surface area contributed by atoms with Gasteiger partial charge in [-0.2, -0.15) is 0 Å². The van der Waals surface area contributed by atoms with E-state index in [0.29, 0.717) is 43.5 Å². The van der Waals surface area contributed by atoms with Gasteiger partial charge in [-0.3, -0.25) is 4.79 Å². The van der Waals surface area contributed by atoms with Gasteiger partial charge in [-0.05, 0) is 59.3 Å². The normalized spacial score (nSPS) is 11.1. The molecule has 27 heavy (non-hydrogen) atoms. The van der Waals surface area contributed by atoms with Crippen molar-refractivity contribution in [1.29, 1.82) is 0 Å². The van der Waals surface area contributed by atoms with Crippen molar-refractivity contribution in [3.05, 3.63) is 74.0 Å². The number of halogens is 3. The lowest BCUT2D eigenvalue weighted by molar-refractivity contribution is 0.628. The number of hydrogen-bond acceptors (Lipinski definition) is 4. The monoisotopic (exact) mass is 444 g/mol. The fraction of sp³-hybridized carbons (Fsp3) is 0.0526. The van der Waals surface area contributed by atoms with Gasteiger partial charge in [0.15, 0.2) is 11.2 Å². The van der Waals surface area contributed by atoms with E-state index in [-0.39, 0.29) is 16.8 Å². The van der Waals surface area contributed by atoms with Crippen LogP contribution in [0.15, 0.2) is 51.9 Å². The van der Waals surface area contributed by atoms with Gasteiger partial charge in [0, 0.05) is 23.0 Å². The SMILES string of the molecule is Cc1cc(-c2nc3c(=O)c(Br)c[nH]c3nc2-c2ccc(F)cc2)cc(Cl)n1. The molecule has 1 aromatic carbocycles. The molecule has 134 valence electrons. The molecule has 8 heteroatoms. The van der Waals surface area contributed by atoms with Gasteiger partial charge in [-0.15, -0.1) is 0 Å². The Balaban J connectivity index is 2.09. The molecule has 0 amide bonds. The van der Waals surface area contributed by atoms with Crippen molar-refractivity contribution in [2.24, 2.45) is 0 Å². The van der Waals surface area contributed by atoms with E-state index >= 15 is 0 Å². The summed E-state index contributed by atoms with van der Waals surface area (Å²) in [6.07, 6.45) is 1.51. The number of hydrogen-bond donors (Lipinski definition) is 1. The van der Waals surface area contributed by atoms with Crippen LogP contribution in [0, 0.1) is 12.7 Å². The molecule has 0 unspecified atom stereocenters. The van der Waals surface area contributed by atoms with E-state index in [1.807, 2.05) is 6.92 Å². The number of rotatable bonds is 2. The molecule has 4 rings (SSSR count). The zero-order valence-corrected chi connectivity index (χ0v) is 16.3. The van der Waals surface area contributed by atoms with Gasteiger partial charge in [-0.25, -0.2) is 19.3 Å². The van der Waals surface area contributed by atoms with Crippen LogP contribution in [0.3, 0.4) is 0 Å². The van der Waals surface area contributed by atoms with Gasteiger partial charge in [0.1, 0.15) is 11.0 Å². The highest BCUT2D eigenvalue weighted by molar-refractivity contribution is 9.10. The zero-order valence-electron chi connectivity index (χ0n) is 13.9. The summed E-state index contributed by atoms with van der Waals surface area (Å²) in [7, 11) is 0. The average Bonchev–Trinajstić information content (AvgIpc) is 2.64. The summed E-state index contributed by atoms with van der Waals surface area (Å²) in [6.45, 7) is 1.81. The van der Waals surface area contributed by atoms with Crippen molar-refractivity contribution in [2.75, 3.05) is 0 Å². The maximum absolute atomic E-state index is 13.4. The topological polar surface area (TPSA) is 71.5 Å². The van der Waals surface area contributed by atoms with Gasteiger partial charge in [0.2, 0.25) is 5.43 Å². The Labute approximate surface area is 166 Å². The maximum Gasteiger partial charge on any atom is 0.223 e. The predicted molar refractivity (Wildman–Crippen MR) is 106 cm³/mol. The quantitative estimate of drug-likeness (QED) is 0.445. The molecule has 3 heterocycles. The predicted octanol–water partition coefficient (Wildman–Crippen LogP) is 4.91. The molecule has 0 aliphatic heterocycles. The third kappa shape index (κ3) is 3.36. The van der Waals surface area contributed by atoms with Gasteiger partial charge in [0.25, 0.3) is 0 Å². The van der Waals surface area contributed by atoms with Crippen molar-refractivity contribution in [3.63, 3.8) is 0 Å². The number of nitrogens with zero attached hydrogens (tertiary/aromatic N) is 3. The lowest BCUT2D eigenvalue weighted by Crippen LogP contribution is -2.09. The minimum atomic E-state index is -0.353. The molecule has 0 aliphatic rings. The second-order valence-corrected chi connectivity index (χ2v) is 7.15.